The third-order valence-electron chi connectivity index (χ3n) is 4.74. The fourth-order valence-corrected chi connectivity index (χ4v) is 4.10. The van der Waals surface area contributed by atoms with E-state index < -0.39 is 23.5 Å². The molecule has 0 spiro atoms. The van der Waals surface area contributed by atoms with Gasteiger partial charge in [-0.3, -0.25) is 9.59 Å². The van der Waals surface area contributed by atoms with E-state index in [0.29, 0.717) is 0 Å². The second-order valence-corrected chi connectivity index (χ2v) is 9.36. The fraction of sp³-hybridized carbons (Fsp3) is 0.192. The van der Waals surface area contributed by atoms with Gasteiger partial charge in [-0.15, -0.1) is 0 Å². The van der Waals surface area contributed by atoms with Crippen LogP contribution < -0.4 is 5.73 Å². The Balaban J connectivity index is 1.83. The van der Waals surface area contributed by atoms with Crippen LogP contribution in [0, 0.1) is 5.82 Å². The first kappa shape index (κ1) is 25.0. The Morgan fingerprint density at radius 3 is 2.38 bits per heavy atom. The summed E-state index contributed by atoms with van der Waals surface area (Å²) in [5.41, 5.74) is 7.10. The highest BCUT2D eigenvalue weighted by molar-refractivity contribution is 7.98. The molecule has 0 aliphatic rings. The number of ether oxygens (including phenoxy) is 1. The van der Waals surface area contributed by atoms with Crippen molar-refractivity contribution in [1.29, 1.82) is 0 Å². The van der Waals surface area contributed by atoms with Gasteiger partial charge in [-0.05, 0) is 35.7 Å². The van der Waals surface area contributed by atoms with Crippen LogP contribution in [0.4, 0.5) is 14.9 Å². The van der Waals surface area contributed by atoms with Gasteiger partial charge in [0.15, 0.2) is 11.6 Å². The molecule has 34 heavy (non-hydrogen) atoms. The topological polar surface area (TPSA) is 89.7 Å². The van der Waals surface area contributed by atoms with Crippen molar-refractivity contribution in [3.63, 3.8) is 0 Å². The zero-order chi connectivity index (χ0) is 24.7. The Bertz CT molecular complexity index is 1180. The summed E-state index contributed by atoms with van der Waals surface area (Å²) in [5.74, 6) is -1.63. The van der Waals surface area contributed by atoms with E-state index in [2.05, 4.69) is 0 Å². The number of carbonyl (C=O) groups is 3. The van der Waals surface area contributed by atoms with Crippen molar-refractivity contribution in [1.82, 2.24) is 4.31 Å². The molecule has 0 aliphatic carbocycles. The number of hydrogen-bond donors (Lipinski definition) is 1. The lowest BCUT2D eigenvalue weighted by Gasteiger charge is -2.23. The maximum atomic E-state index is 13.7. The molecule has 0 bridgehead atoms. The lowest BCUT2D eigenvalue weighted by molar-refractivity contribution is 0.0917. The maximum absolute atomic E-state index is 13.7. The lowest BCUT2D eigenvalue weighted by Crippen LogP contribution is -2.33. The number of halogens is 1. The molecule has 0 radical (unpaired) electrons. The van der Waals surface area contributed by atoms with Crippen molar-refractivity contribution in [3.05, 3.63) is 101 Å². The van der Waals surface area contributed by atoms with Gasteiger partial charge < -0.3 is 10.5 Å². The first-order valence-corrected chi connectivity index (χ1v) is 11.5. The van der Waals surface area contributed by atoms with E-state index >= 15 is 0 Å². The molecule has 8 heteroatoms. The monoisotopic (exact) mass is 480 g/mol. The number of nitrogen functional groups attached to an aromatic ring is 1. The van der Waals surface area contributed by atoms with E-state index in [1.54, 1.807) is 6.07 Å². The molecule has 0 saturated heterocycles. The van der Waals surface area contributed by atoms with Gasteiger partial charge in [0.05, 0.1) is 12.1 Å². The molecule has 3 aromatic carbocycles. The number of nitrogens with zero attached hydrogens (tertiary/aromatic N) is 1. The summed E-state index contributed by atoms with van der Waals surface area (Å²) < 4.78 is 20.3. The molecule has 0 atom stereocenters. The van der Waals surface area contributed by atoms with Crippen LogP contribution in [0.15, 0.2) is 72.8 Å². The van der Waals surface area contributed by atoms with Crippen molar-refractivity contribution < 1.29 is 23.5 Å². The van der Waals surface area contributed by atoms with Crippen molar-refractivity contribution in [3.8, 4) is 0 Å². The zero-order valence-corrected chi connectivity index (χ0v) is 19.7. The lowest BCUT2D eigenvalue weighted by atomic mass is 9.94. The van der Waals surface area contributed by atoms with Crippen molar-refractivity contribution in [2.75, 3.05) is 12.3 Å². The van der Waals surface area contributed by atoms with Gasteiger partial charge in [0.25, 0.3) is 0 Å². The quantitative estimate of drug-likeness (QED) is 0.247. The average Bonchev–Trinajstić information content (AvgIpc) is 2.81. The fourth-order valence-electron chi connectivity index (χ4n) is 3.26. The third-order valence-corrected chi connectivity index (χ3v) is 5.70. The van der Waals surface area contributed by atoms with Crippen LogP contribution in [0.1, 0.15) is 45.7 Å². The zero-order valence-electron chi connectivity index (χ0n) is 18.9. The largest absolute Gasteiger partial charge is 0.444 e. The number of rotatable bonds is 9. The van der Waals surface area contributed by atoms with Gasteiger partial charge in [0, 0.05) is 22.1 Å². The SMILES string of the molecule is CC(C)SN(CC(=O)c1c(N)cccc1C(=O)c1cccc(F)c1)C(=O)OCc1ccccc1. The van der Waals surface area contributed by atoms with Gasteiger partial charge in [-0.1, -0.05) is 68.4 Å². The minimum atomic E-state index is -0.677. The summed E-state index contributed by atoms with van der Waals surface area (Å²) in [5, 5.41) is -0.0152. The van der Waals surface area contributed by atoms with Crippen LogP contribution in [-0.4, -0.2) is 33.8 Å². The molecule has 3 aromatic rings. The molecule has 6 nitrogen and oxygen atoms in total. The van der Waals surface area contributed by atoms with Crippen LogP contribution in [0.3, 0.4) is 0 Å². The van der Waals surface area contributed by atoms with Gasteiger partial charge in [0.1, 0.15) is 12.4 Å². The molecule has 0 aromatic heterocycles. The summed E-state index contributed by atoms with van der Waals surface area (Å²) >= 11 is 1.15. The molecular formula is C26H25FN2O4S. The number of benzene rings is 3. The highest BCUT2D eigenvalue weighted by atomic mass is 32.2. The molecule has 0 fully saturated rings. The summed E-state index contributed by atoms with van der Waals surface area (Å²) in [6.07, 6.45) is -0.677. The summed E-state index contributed by atoms with van der Waals surface area (Å²) in [6.45, 7) is 3.46. The Morgan fingerprint density at radius 1 is 1.00 bits per heavy atom. The summed E-state index contributed by atoms with van der Waals surface area (Å²) in [4.78, 5) is 39.1. The highest BCUT2D eigenvalue weighted by Gasteiger charge is 2.26. The predicted molar refractivity (Wildman–Crippen MR) is 131 cm³/mol. The molecule has 0 heterocycles. The Morgan fingerprint density at radius 2 is 1.71 bits per heavy atom. The smallest absolute Gasteiger partial charge is 0.420 e. The number of amides is 1. The van der Waals surface area contributed by atoms with E-state index in [0.717, 1.165) is 23.6 Å². The van der Waals surface area contributed by atoms with Gasteiger partial charge >= 0.3 is 6.09 Å². The number of hydrogen-bond acceptors (Lipinski definition) is 6. The first-order valence-electron chi connectivity index (χ1n) is 10.6. The molecule has 0 saturated carbocycles. The van der Waals surface area contributed by atoms with Crippen LogP contribution in [0.25, 0.3) is 0 Å². The van der Waals surface area contributed by atoms with E-state index in [1.807, 2.05) is 44.2 Å². The molecule has 0 aliphatic heterocycles. The van der Waals surface area contributed by atoms with E-state index in [9.17, 15) is 18.8 Å². The molecule has 2 N–H and O–H groups in total. The summed E-state index contributed by atoms with van der Waals surface area (Å²) in [6, 6.07) is 18.9. The van der Waals surface area contributed by atoms with E-state index in [4.69, 9.17) is 10.5 Å². The number of carbonyl (C=O) groups excluding carboxylic acids is 3. The second kappa shape index (κ2) is 11.5. The molecular weight excluding hydrogens is 455 g/mol. The Labute approximate surface area is 202 Å². The van der Waals surface area contributed by atoms with Crippen molar-refractivity contribution >= 4 is 35.3 Å². The molecule has 0 unspecified atom stereocenters. The van der Waals surface area contributed by atoms with Crippen LogP contribution in [0.2, 0.25) is 0 Å². The molecule has 1 amide bonds. The Hall–Kier alpha value is -3.65. The van der Waals surface area contributed by atoms with Crippen LogP contribution >= 0.6 is 11.9 Å². The molecule has 3 rings (SSSR count). The maximum Gasteiger partial charge on any atom is 0.420 e. The third kappa shape index (κ3) is 6.45. The van der Waals surface area contributed by atoms with E-state index in [-0.39, 0.29) is 40.8 Å². The molecule has 176 valence electrons. The standard InChI is InChI=1S/C26H25FN2O4S/c1-17(2)34-29(26(32)33-16-18-8-4-3-5-9-18)15-23(30)24-21(12-7-13-22(24)28)25(31)19-10-6-11-20(27)14-19/h3-14,17H,15-16,28H2,1-2H3. The van der Waals surface area contributed by atoms with Crippen molar-refractivity contribution in [2.45, 2.75) is 25.7 Å². The minimum Gasteiger partial charge on any atom is -0.444 e. The van der Waals surface area contributed by atoms with E-state index in [1.165, 1.54) is 34.6 Å². The Kier molecular flexibility index (Phi) is 8.43. The van der Waals surface area contributed by atoms with Crippen LogP contribution in [-0.2, 0) is 11.3 Å². The van der Waals surface area contributed by atoms with Crippen LogP contribution in [0.5, 0.6) is 0 Å². The average molecular weight is 481 g/mol. The predicted octanol–water partition coefficient (Wildman–Crippen LogP) is 5.52. The van der Waals surface area contributed by atoms with Crippen molar-refractivity contribution in [2.24, 2.45) is 0 Å². The van der Waals surface area contributed by atoms with Gasteiger partial charge in [-0.2, -0.15) is 0 Å². The number of ketones is 2. The number of Topliss-reactive ketones (excluding diaryl/α,β-unsaturated/α-hetero) is 1. The number of nitrogens with two attached hydrogens (primary N) is 1. The first-order chi connectivity index (χ1) is 16.3. The van der Waals surface area contributed by atoms with Gasteiger partial charge in [-0.25, -0.2) is 13.5 Å². The highest BCUT2D eigenvalue weighted by Crippen LogP contribution is 2.25. The minimum absolute atomic E-state index is 0.0121. The number of anilines is 1. The summed E-state index contributed by atoms with van der Waals surface area (Å²) in [7, 11) is 0. The van der Waals surface area contributed by atoms with Gasteiger partial charge in [0.2, 0.25) is 0 Å². The second-order valence-electron chi connectivity index (χ2n) is 7.76. The normalized spacial score (nSPS) is 10.7.